The highest BCUT2D eigenvalue weighted by Gasteiger charge is 2.30. The van der Waals surface area contributed by atoms with Crippen molar-refractivity contribution in [1.29, 1.82) is 0 Å². The molecule has 2 heteroatoms. The van der Waals surface area contributed by atoms with Gasteiger partial charge in [0.05, 0.1) is 12.7 Å². The van der Waals surface area contributed by atoms with Gasteiger partial charge < -0.3 is 10.2 Å². The molecule has 1 atom stereocenters. The Labute approximate surface area is 62.9 Å². The van der Waals surface area contributed by atoms with Crippen molar-refractivity contribution in [3.05, 3.63) is 0 Å². The first-order chi connectivity index (χ1) is 4.42. The molecule has 0 aromatic heterocycles. The fourth-order valence-electron chi connectivity index (χ4n) is 0.620. The first-order valence-corrected chi connectivity index (χ1v) is 3.71. The lowest BCUT2D eigenvalue weighted by Gasteiger charge is -2.33. The summed E-state index contributed by atoms with van der Waals surface area (Å²) in [5, 5.41) is 18.0. The predicted octanol–water partition coefficient (Wildman–Crippen LogP) is 1.02. The Hall–Kier alpha value is -0.0800. The van der Waals surface area contributed by atoms with Crippen LogP contribution in [0.5, 0.6) is 0 Å². The van der Waals surface area contributed by atoms with E-state index in [1.54, 1.807) is 0 Å². The van der Waals surface area contributed by atoms with Crippen molar-refractivity contribution >= 4 is 0 Å². The van der Waals surface area contributed by atoms with Crippen molar-refractivity contribution < 1.29 is 10.2 Å². The Bertz CT molecular complexity index is 97.4. The van der Waals surface area contributed by atoms with Crippen LogP contribution in [-0.4, -0.2) is 22.9 Å². The van der Waals surface area contributed by atoms with E-state index >= 15 is 0 Å². The zero-order valence-corrected chi connectivity index (χ0v) is 7.26. The Balaban J connectivity index is 4.09. The van der Waals surface area contributed by atoms with Gasteiger partial charge in [-0.3, -0.25) is 0 Å². The average Bonchev–Trinajstić information content (AvgIpc) is 1.86. The van der Waals surface area contributed by atoms with Gasteiger partial charge in [0.1, 0.15) is 0 Å². The van der Waals surface area contributed by atoms with Gasteiger partial charge in [0.2, 0.25) is 0 Å². The molecule has 0 saturated heterocycles. The summed E-state index contributed by atoms with van der Waals surface area (Å²) in [7, 11) is 0. The van der Waals surface area contributed by atoms with E-state index in [0.29, 0.717) is 5.92 Å². The third kappa shape index (κ3) is 1.96. The van der Waals surface area contributed by atoms with Gasteiger partial charge in [0, 0.05) is 0 Å². The Kier molecular flexibility index (Phi) is 3.33. The van der Waals surface area contributed by atoms with Gasteiger partial charge in [-0.1, -0.05) is 27.7 Å². The molecule has 0 heterocycles. The normalized spacial score (nSPS) is 15.9. The average molecular weight is 146 g/mol. The number of hydrogen-bond acceptors (Lipinski definition) is 2. The van der Waals surface area contributed by atoms with Crippen LogP contribution in [0.2, 0.25) is 0 Å². The minimum absolute atomic E-state index is 0.148. The molecule has 0 unspecified atom stereocenters. The van der Waals surface area contributed by atoms with Gasteiger partial charge in [-0.2, -0.15) is 0 Å². The Morgan fingerprint density at radius 2 is 1.70 bits per heavy atom. The molecular weight excluding hydrogens is 128 g/mol. The van der Waals surface area contributed by atoms with Crippen molar-refractivity contribution in [1.82, 2.24) is 0 Å². The largest absolute Gasteiger partial charge is 0.394 e. The lowest BCUT2D eigenvalue weighted by molar-refractivity contribution is -0.0209. The summed E-state index contributed by atoms with van der Waals surface area (Å²) in [5.74, 6) is 0.384. The first-order valence-electron chi connectivity index (χ1n) is 3.71. The number of rotatable bonds is 3. The highest BCUT2D eigenvalue weighted by Crippen LogP contribution is 2.29. The highest BCUT2D eigenvalue weighted by molar-refractivity contribution is 4.79. The second-order valence-electron chi connectivity index (χ2n) is 3.67. The van der Waals surface area contributed by atoms with Gasteiger partial charge >= 0.3 is 0 Å². The Morgan fingerprint density at radius 1 is 1.30 bits per heavy atom. The van der Waals surface area contributed by atoms with Crippen LogP contribution in [0.15, 0.2) is 0 Å². The maximum Gasteiger partial charge on any atom is 0.0824 e. The molecule has 2 N–H and O–H groups in total. The lowest BCUT2D eigenvalue weighted by atomic mass is 9.76. The van der Waals surface area contributed by atoms with Crippen molar-refractivity contribution in [2.45, 2.75) is 33.8 Å². The van der Waals surface area contributed by atoms with E-state index in [0.717, 1.165) is 0 Å². The Morgan fingerprint density at radius 3 is 1.80 bits per heavy atom. The molecule has 0 aromatic rings. The zero-order chi connectivity index (χ0) is 8.36. The van der Waals surface area contributed by atoms with E-state index in [2.05, 4.69) is 0 Å². The van der Waals surface area contributed by atoms with Crippen LogP contribution in [-0.2, 0) is 0 Å². The van der Waals surface area contributed by atoms with Gasteiger partial charge in [0.15, 0.2) is 0 Å². The van der Waals surface area contributed by atoms with Gasteiger partial charge in [0.25, 0.3) is 0 Å². The maximum absolute atomic E-state index is 9.31. The first kappa shape index (κ1) is 9.92. The van der Waals surface area contributed by atoms with Gasteiger partial charge in [-0.25, -0.2) is 0 Å². The lowest BCUT2D eigenvalue weighted by Crippen LogP contribution is -2.36. The van der Waals surface area contributed by atoms with Crippen molar-refractivity contribution in [2.24, 2.45) is 11.3 Å². The zero-order valence-electron chi connectivity index (χ0n) is 7.26. The molecule has 0 aliphatic heterocycles. The molecule has 0 fully saturated rings. The molecule has 0 saturated carbocycles. The minimum Gasteiger partial charge on any atom is -0.394 e. The quantitative estimate of drug-likeness (QED) is 0.624. The molecule has 0 aromatic carbocycles. The van der Waals surface area contributed by atoms with E-state index in [-0.39, 0.29) is 12.0 Å². The molecule has 0 spiro atoms. The second-order valence-corrected chi connectivity index (χ2v) is 3.67. The van der Waals surface area contributed by atoms with E-state index < -0.39 is 6.10 Å². The van der Waals surface area contributed by atoms with Gasteiger partial charge in [-0.15, -0.1) is 0 Å². The number of aliphatic hydroxyl groups excluding tert-OH is 2. The summed E-state index contributed by atoms with van der Waals surface area (Å²) in [6.45, 7) is 7.85. The monoisotopic (exact) mass is 146 g/mol. The van der Waals surface area contributed by atoms with Crippen LogP contribution in [0, 0.1) is 11.3 Å². The van der Waals surface area contributed by atoms with E-state index in [1.807, 2.05) is 27.7 Å². The van der Waals surface area contributed by atoms with Crippen molar-refractivity contribution in [2.75, 3.05) is 6.61 Å². The van der Waals surface area contributed by atoms with Crippen LogP contribution in [0.4, 0.5) is 0 Å². The van der Waals surface area contributed by atoms with Crippen LogP contribution < -0.4 is 0 Å². The summed E-state index contributed by atoms with van der Waals surface area (Å²) in [5.41, 5.74) is -0.186. The summed E-state index contributed by atoms with van der Waals surface area (Å²) in [6, 6.07) is 0. The van der Waals surface area contributed by atoms with Crippen LogP contribution >= 0.6 is 0 Å². The number of hydrogen-bond donors (Lipinski definition) is 2. The minimum atomic E-state index is -0.604. The molecule has 0 bridgehead atoms. The summed E-state index contributed by atoms with van der Waals surface area (Å²) >= 11 is 0. The van der Waals surface area contributed by atoms with Crippen LogP contribution in [0.1, 0.15) is 27.7 Å². The van der Waals surface area contributed by atoms with Crippen LogP contribution in [0.25, 0.3) is 0 Å². The topological polar surface area (TPSA) is 40.5 Å². The third-order valence-corrected chi connectivity index (χ3v) is 2.52. The second kappa shape index (κ2) is 3.35. The molecule has 0 rings (SSSR count). The van der Waals surface area contributed by atoms with E-state index in [4.69, 9.17) is 5.11 Å². The third-order valence-electron chi connectivity index (χ3n) is 2.52. The SMILES string of the molecule is CC(C)C(C)(C)[C@@H](O)CO. The van der Waals surface area contributed by atoms with E-state index in [1.165, 1.54) is 0 Å². The fourth-order valence-corrected chi connectivity index (χ4v) is 0.620. The number of aliphatic hydroxyl groups is 2. The fraction of sp³-hybridized carbons (Fsp3) is 1.00. The van der Waals surface area contributed by atoms with Crippen LogP contribution in [0.3, 0.4) is 0 Å². The summed E-state index contributed by atoms with van der Waals surface area (Å²) in [4.78, 5) is 0. The molecule has 62 valence electrons. The molecule has 0 amide bonds. The summed E-state index contributed by atoms with van der Waals surface area (Å²) < 4.78 is 0. The molecule has 0 radical (unpaired) electrons. The van der Waals surface area contributed by atoms with Crippen molar-refractivity contribution in [3.63, 3.8) is 0 Å². The predicted molar refractivity (Wildman–Crippen MR) is 41.7 cm³/mol. The molecule has 0 aliphatic rings. The molecule has 2 nitrogen and oxygen atoms in total. The molecular formula is C8H18O2. The maximum atomic E-state index is 9.31. The van der Waals surface area contributed by atoms with Crippen molar-refractivity contribution in [3.8, 4) is 0 Å². The highest BCUT2D eigenvalue weighted by atomic mass is 16.3. The molecule has 0 aliphatic carbocycles. The standard InChI is InChI=1S/C8H18O2/c1-6(2)8(3,4)7(10)5-9/h6-7,9-10H,5H2,1-4H3/t7-/m0/s1. The van der Waals surface area contributed by atoms with Gasteiger partial charge in [-0.05, 0) is 11.3 Å². The summed E-state index contributed by atoms with van der Waals surface area (Å²) in [6.07, 6.45) is -0.604. The molecule has 10 heavy (non-hydrogen) atoms. The smallest absolute Gasteiger partial charge is 0.0824 e. The van der Waals surface area contributed by atoms with E-state index in [9.17, 15) is 5.11 Å².